The number of hydrogen-bond acceptors (Lipinski definition) is 6. The quantitative estimate of drug-likeness (QED) is 0.456. The van der Waals surface area contributed by atoms with Crippen molar-refractivity contribution < 1.29 is 8.78 Å². The van der Waals surface area contributed by atoms with Crippen LogP contribution in [0.2, 0.25) is 5.15 Å². The van der Waals surface area contributed by atoms with Crippen molar-refractivity contribution in [2.24, 2.45) is 0 Å². The van der Waals surface area contributed by atoms with Crippen LogP contribution in [0, 0.1) is 30.9 Å². The van der Waals surface area contributed by atoms with Crippen molar-refractivity contribution in [3.05, 3.63) is 67.8 Å². The summed E-state index contributed by atoms with van der Waals surface area (Å²) in [6, 6.07) is 1.70. The molecule has 0 saturated heterocycles. The summed E-state index contributed by atoms with van der Waals surface area (Å²) in [5.41, 5.74) is -1.61. The summed E-state index contributed by atoms with van der Waals surface area (Å²) in [5.74, 6) is -0.0818. The molecule has 4 aromatic rings. The maximum atomic E-state index is 13.8. The Labute approximate surface area is 171 Å². The Bertz CT molecular complexity index is 1480. The molecular formula is C18H10ClF2N7O2. The van der Waals surface area contributed by atoms with Gasteiger partial charge < -0.3 is 0 Å². The lowest BCUT2D eigenvalue weighted by atomic mass is 10.2. The van der Waals surface area contributed by atoms with Crippen LogP contribution in [-0.2, 0) is 6.54 Å². The Hall–Kier alpha value is -3.91. The van der Waals surface area contributed by atoms with E-state index in [1.54, 1.807) is 0 Å². The van der Waals surface area contributed by atoms with Crippen molar-refractivity contribution >= 4 is 22.6 Å². The molecule has 3 heterocycles. The zero-order chi connectivity index (χ0) is 21.6. The van der Waals surface area contributed by atoms with Gasteiger partial charge in [-0.2, -0.15) is 0 Å². The van der Waals surface area contributed by atoms with Crippen LogP contribution in [0.1, 0.15) is 5.69 Å². The van der Waals surface area contributed by atoms with Crippen molar-refractivity contribution in [3.63, 3.8) is 0 Å². The van der Waals surface area contributed by atoms with Gasteiger partial charge >= 0.3 is 5.69 Å². The fourth-order valence-electron chi connectivity index (χ4n) is 2.99. The molecule has 0 atom stereocenters. The lowest BCUT2D eigenvalue weighted by Gasteiger charge is -2.15. The van der Waals surface area contributed by atoms with Crippen LogP contribution in [0.5, 0.6) is 0 Å². The number of nitrogens with zero attached hydrogens (tertiary/aromatic N) is 7. The molecule has 30 heavy (non-hydrogen) atoms. The first-order valence-corrected chi connectivity index (χ1v) is 8.70. The van der Waals surface area contributed by atoms with E-state index in [-0.39, 0.29) is 39.9 Å². The molecule has 4 rings (SSSR count). The van der Waals surface area contributed by atoms with Crippen molar-refractivity contribution in [2.75, 3.05) is 0 Å². The molecule has 0 saturated carbocycles. The van der Waals surface area contributed by atoms with E-state index in [2.05, 4.69) is 26.2 Å². The monoisotopic (exact) mass is 429 g/mol. The van der Waals surface area contributed by atoms with E-state index in [1.165, 1.54) is 19.3 Å². The number of terminal acetylenes is 1. The molecule has 0 spiro atoms. The summed E-state index contributed by atoms with van der Waals surface area (Å²) in [5, 5.41) is 7.57. The van der Waals surface area contributed by atoms with Gasteiger partial charge in [-0.25, -0.2) is 27.8 Å². The second kappa shape index (κ2) is 7.16. The topological polar surface area (TPSA) is 100 Å². The van der Waals surface area contributed by atoms with Gasteiger partial charge in [0.2, 0.25) is 0 Å². The number of benzene rings is 1. The fourth-order valence-corrected chi connectivity index (χ4v) is 3.13. The number of hydrogen-bond donors (Lipinski definition) is 0. The Morgan fingerprint density at radius 1 is 1.20 bits per heavy atom. The van der Waals surface area contributed by atoms with Gasteiger partial charge in [-0.05, 0) is 6.92 Å². The second-order valence-electron chi connectivity index (χ2n) is 6.10. The highest BCUT2D eigenvalue weighted by molar-refractivity contribution is 6.29. The third-order valence-corrected chi connectivity index (χ3v) is 4.53. The second-order valence-corrected chi connectivity index (χ2v) is 6.49. The van der Waals surface area contributed by atoms with E-state index in [0.29, 0.717) is 4.57 Å². The van der Waals surface area contributed by atoms with Crippen LogP contribution in [0.3, 0.4) is 0 Å². The molecule has 3 aromatic heterocycles. The van der Waals surface area contributed by atoms with Gasteiger partial charge in [-0.1, -0.05) is 22.7 Å². The highest BCUT2D eigenvalue weighted by Gasteiger charge is 2.23. The van der Waals surface area contributed by atoms with Crippen molar-refractivity contribution in [3.8, 4) is 23.8 Å². The van der Waals surface area contributed by atoms with Crippen LogP contribution in [-0.4, -0.2) is 34.1 Å². The van der Waals surface area contributed by atoms with E-state index in [1.807, 2.05) is 0 Å². The lowest BCUT2D eigenvalue weighted by Crippen LogP contribution is -2.42. The molecular weight excluding hydrogens is 420 g/mol. The fraction of sp³-hybridized carbons (Fsp3) is 0.111. The Balaban J connectivity index is 2.14. The van der Waals surface area contributed by atoms with Crippen molar-refractivity contribution in [1.29, 1.82) is 0 Å². The van der Waals surface area contributed by atoms with Crippen LogP contribution >= 0.6 is 11.6 Å². The Morgan fingerprint density at radius 2 is 1.93 bits per heavy atom. The van der Waals surface area contributed by atoms with E-state index in [9.17, 15) is 18.4 Å². The SMILES string of the molecule is C#CCn1c(C)c(-n2nnc3cc(F)c(F)cc32)c(=O)n(-c2cncc(Cl)n2)c1=O. The molecule has 0 aliphatic carbocycles. The van der Waals surface area contributed by atoms with Gasteiger partial charge in [0.15, 0.2) is 23.1 Å². The first kappa shape index (κ1) is 19.4. The molecule has 0 amide bonds. The molecule has 9 nitrogen and oxygen atoms in total. The van der Waals surface area contributed by atoms with Crippen molar-refractivity contribution in [2.45, 2.75) is 13.5 Å². The minimum Gasteiger partial charge on any atom is -0.284 e. The molecule has 0 aliphatic heterocycles. The molecule has 0 N–H and O–H groups in total. The molecule has 1 aromatic carbocycles. The van der Waals surface area contributed by atoms with E-state index < -0.39 is 22.9 Å². The molecule has 150 valence electrons. The molecule has 0 bridgehead atoms. The summed E-state index contributed by atoms with van der Waals surface area (Å²) in [6.45, 7) is 1.29. The summed E-state index contributed by atoms with van der Waals surface area (Å²) in [7, 11) is 0. The van der Waals surface area contributed by atoms with Gasteiger partial charge in [0.05, 0.1) is 30.1 Å². The largest absolute Gasteiger partial charge is 0.338 e. The van der Waals surface area contributed by atoms with Gasteiger partial charge in [0, 0.05) is 12.1 Å². The Morgan fingerprint density at radius 3 is 2.63 bits per heavy atom. The predicted molar refractivity (Wildman–Crippen MR) is 103 cm³/mol. The maximum absolute atomic E-state index is 13.8. The molecule has 12 heteroatoms. The summed E-state index contributed by atoms with van der Waals surface area (Å²) in [6.07, 6.45) is 7.77. The summed E-state index contributed by atoms with van der Waals surface area (Å²) >= 11 is 5.85. The van der Waals surface area contributed by atoms with E-state index >= 15 is 0 Å². The van der Waals surface area contributed by atoms with Crippen LogP contribution in [0.4, 0.5) is 8.78 Å². The minimum atomic E-state index is -1.15. The van der Waals surface area contributed by atoms with Crippen molar-refractivity contribution in [1.82, 2.24) is 34.1 Å². The molecule has 0 unspecified atom stereocenters. The van der Waals surface area contributed by atoms with Gasteiger partial charge in [0.25, 0.3) is 5.56 Å². The summed E-state index contributed by atoms with van der Waals surface area (Å²) in [4.78, 5) is 34.1. The summed E-state index contributed by atoms with van der Waals surface area (Å²) < 4.78 is 30.2. The third-order valence-electron chi connectivity index (χ3n) is 4.35. The minimum absolute atomic E-state index is 0.0106. The molecule has 0 radical (unpaired) electrons. The lowest BCUT2D eigenvalue weighted by molar-refractivity contribution is 0.510. The number of halogens is 3. The average molecular weight is 430 g/mol. The first-order valence-electron chi connectivity index (χ1n) is 8.32. The highest BCUT2D eigenvalue weighted by atomic mass is 35.5. The smallest absolute Gasteiger partial charge is 0.284 e. The number of fused-ring (bicyclic) bond motifs is 1. The maximum Gasteiger partial charge on any atom is 0.338 e. The van der Waals surface area contributed by atoms with Gasteiger partial charge in [-0.15, -0.1) is 11.5 Å². The van der Waals surface area contributed by atoms with E-state index in [4.69, 9.17) is 18.0 Å². The average Bonchev–Trinajstić information content (AvgIpc) is 3.08. The number of aromatic nitrogens is 7. The van der Waals surface area contributed by atoms with Gasteiger partial charge in [-0.3, -0.25) is 14.3 Å². The Kier molecular flexibility index (Phi) is 4.63. The van der Waals surface area contributed by atoms with Gasteiger partial charge in [0.1, 0.15) is 10.7 Å². The number of rotatable bonds is 3. The zero-order valence-corrected chi connectivity index (χ0v) is 15.9. The van der Waals surface area contributed by atoms with Crippen LogP contribution in [0.25, 0.3) is 22.5 Å². The zero-order valence-electron chi connectivity index (χ0n) is 15.2. The standard InChI is InChI=1S/C18H10ClF2N7O2/c1-3-4-26-9(2)16(28-13-6-11(21)10(20)5-12(13)24-25-28)17(29)27(18(26)30)15-8-22-7-14(19)23-15/h1,5-8H,4H2,2H3. The first-order chi connectivity index (χ1) is 14.3. The van der Waals surface area contributed by atoms with Crippen LogP contribution in [0.15, 0.2) is 34.1 Å². The molecule has 0 aliphatic rings. The normalized spacial score (nSPS) is 11.0. The van der Waals surface area contributed by atoms with Crippen LogP contribution < -0.4 is 11.2 Å². The highest BCUT2D eigenvalue weighted by Crippen LogP contribution is 2.20. The third kappa shape index (κ3) is 2.94. The van der Waals surface area contributed by atoms with E-state index in [0.717, 1.165) is 21.4 Å². The predicted octanol–water partition coefficient (Wildman–Crippen LogP) is 1.40. The molecule has 0 fully saturated rings.